The predicted octanol–water partition coefficient (Wildman–Crippen LogP) is 2.19. The van der Waals surface area contributed by atoms with Crippen LogP contribution in [0.15, 0.2) is 72.8 Å². The lowest BCUT2D eigenvalue weighted by Crippen LogP contribution is -2.49. The van der Waals surface area contributed by atoms with Crippen LogP contribution in [0.5, 0.6) is 0 Å². The molecule has 2 aromatic rings. The van der Waals surface area contributed by atoms with Crippen molar-refractivity contribution in [2.45, 2.75) is 12.1 Å². The molecular weight excluding hydrogens is 328 g/mol. The molecule has 26 heavy (non-hydrogen) atoms. The lowest BCUT2D eigenvalue weighted by atomic mass is 9.90. The van der Waals surface area contributed by atoms with E-state index in [9.17, 15) is 14.4 Å². The zero-order chi connectivity index (χ0) is 17.8. The molecule has 0 unspecified atom stereocenters. The summed E-state index contributed by atoms with van der Waals surface area (Å²) < 4.78 is 0. The van der Waals surface area contributed by atoms with Crippen molar-refractivity contribution in [1.82, 2.24) is 0 Å². The van der Waals surface area contributed by atoms with Crippen LogP contribution in [0.4, 0.5) is 11.4 Å². The van der Waals surface area contributed by atoms with Crippen molar-refractivity contribution in [2.75, 3.05) is 9.80 Å². The first-order valence-corrected chi connectivity index (χ1v) is 8.67. The van der Waals surface area contributed by atoms with Gasteiger partial charge in [0.2, 0.25) is 11.8 Å². The molecular formula is C21H16N2O3. The van der Waals surface area contributed by atoms with Crippen molar-refractivity contribution in [1.29, 1.82) is 0 Å². The zero-order valence-electron chi connectivity index (χ0n) is 13.9. The van der Waals surface area contributed by atoms with Gasteiger partial charge < -0.3 is 4.90 Å². The maximum Gasteiger partial charge on any atom is 0.240 e. The van der Waals surface area contributed by atoms with Crippen molar-refractivity contribution < 1.29 is 14.4 Å². The van der Waals surface area contributed by atoms with Gasteiger partial charge in [0.1, 0.15) is 6.04 Å². The Hall–Kier alpha value is -3.21. The monoisotopic (exact) mass is 344 g/mol. The third kappa shape index (κ3) is 1.88. The van der Waals surface area contributed by atoms with E-state index < -0.39 is 17.9 Å². The Labute approximate surface area is 150 Å². The molecule has 0 N–H and O–H groups in total. The minimum atomic E-state index is -0.643. The van der Waals surface area contributed by atoms with Gasteiger partial charge in [-0.25, -0.2) is 4.90 Å². The van der Waals surface area contributed by atoms with Crippen LogP contribution in [0.2, 0.25) is 0 Å². The summed E-state index contributed by atoms with van der Waals surface area (Å²) in [5.74, 6) is -1.80. The molecule has 3 heterocycles. The summed E-state index contributed by atoms with van der Waals surface area (Å²) in [6.07, 6.45) is 3.30. The minimum absolute atomic E-state index is 0.117. The summed E-state index contributed by atoms with van der Waals surface area (Å²) in [4.78, 5) is 42.2. The van der Waals surface area contributed by atoms with E-state index in [-0.39, 0.29) is 23.6 Å². The zero-order valence-corrected chi connectivity index (χ0v) is 13.9. The van der Waals surface area contributed by atoms with Crippen molar-refractivity contribution in [3.63, 3.8) is 0 Å². The minimum Gasteiger partial charge on any atom is -0.353 e. The molecule has 5 nitrogen and oxygen atoms in total. The highest BCUT2D eigenvalue weighted by atomic mass is 16.2. The molecule has 2 fully saturated rings. The number of fused-ring (bicyclic) bond motifs is 5. The third-order valence-corrected chi connectivity index (χ3v) is 5.54. The van der Waals surface area contributed by atoms with Crippen molar-refractivity contribution in [2.24, 2.45) is 11.8 Å². The van der Waals surface area contributed by atoms with Gasteiger partial charge in [0.25, 0.3) is 0 Å². The van der Waals surface area contributed by atoms with Gasteiger partial charge in [-0.1, -0.05) is 42.5 Å². The number of carbonyl (C=O) groups excluding carboxylic acids is 3. The predicted molar refractivity (Wildman–Crippen MR) is 96.6 cm³/mol. The molecule has 0 saturated carbocycles. The number of rotatable bonds is 2. The van der Waals surface area contributed by atoms with Crippen molar-refractivity contribution >= 4 is 29.0 Å². The fraction of sp³-hybridized carbons (Fsp3) is 0.190. The first-order valence-electron chi connectivity index (χ1n) is 8.67. The van der Waals surface area contributed by atoms with Gasteiger partial charge in [-0.3, -0.25) is 14.4 Å². The number of carbonyl (C=O) groups is 3. The van der Waals surface area contributed by atoms with Gasteiger partial charge in [0.05, 0.1) is 23.6 Å². The summed E-state index contributed by atoms with van der Waals surface area (Å²) in [6, 6.07) is 17.6. The highest BCUT2D eigenvalue weighted by Gasteiger charge is 2.64. The standard InChI is InChI=1S/C21H16N2O3/c24-16-12-11-15-17-18(19(16)22(15)13-7-3-1-4-8-13)21(26)23(20(17)25)14-9-5-2-6-10-14/h1-12,15,17-19H/t15-,17+,18-,19+/m0/s1. The van der Waals surface area contributed by atoms with E-state index in [2.05, 4.69) is 0 Å². The molecule has 5 heteroatoms. The Morgan fingerprint density at radius 1 is 0.692 bits per heavy atom. The van der Waals surface area contributed by atoms with E-state index in [4.69, 9.17) is 0 Å². The second-order valence-electron chi connectivity index (χ2n) is 6.84. The van der Waals surface area contributed by atoms with Gasteiger partial charge >= 0.3 is 0 Å². The molecule has 2 saturated heterocycles. The molecule has 0 radical (unpaired) electrons. The van der Waals surface area contributed by atoms with Crippen LogP contribution in [-0.2, 0) is 14.4 Å². The van der Waals surface area contributed by atoms with Gasteiger partial charge in [-0.15, -0.1) is 0 Å². The Morgan fingerprint density at radius 2 is 1.27 bits per heavy atom. The topological polar surface area (TPSA) is 57.7 Å². The Balaban J connectivity index is 1.61. The lowest BCUT2D eigenvalue weighted by molar-refractivity contribution is -0.125. The Kier molecular flexibility index (Phi) is 3.13. The SMILES string of the molecule is O=C1C=C[C@H]2[C@H]3C(=O)N(c4ccccc4)C(=O)[C@@H]3[C@@H]1N2c1ccccc1. The van der Waals surface area contributed by atoms with E-state index in [0.717, 1.165) is 5.69 Å². The summed E-state index contributed by atoms with van der Waals surface area (Å²) in [6.45, 7) is 0. The number of ketones is 1. The van der Waals surface area contributed by atoms with Crippen LogP contribution in [0.25, 0.3) is 0 Å². The molecule has 2 aromatic carbocycles. The van der Waals surface area contributed by atoms with Gasteiger partial charge in [0, 0.05) is 5.69 Å². The molecule has 3 aliphatic heterocycles. The molecule has 128 valence electrons. The quantitative estimate of drug-likeness (QED) is 0.784. The number of para-hydroxylation sites is 2. The van der Waals surface area contributed by atoms with Crippen LogP contribution in [0.3, 0.4) is 0 Å². The highest BCUT2D eigenvalue weighted by Crippen LogP contribution is 2.48. The fourth-order valence-electron chi connectivity index (χ4n) is 4.52. The van der Waals surface area contributed by atoms with Crippen molar-refractivity contribution in [3.05, 3.63) is 72.8 Å². The van der Waals surface area contributed by atoms with Crippen LogP contribution in [-0.4, -0.2) is 29.7 Å². The molecule has 0 aromatic heterocycles. The average molecular weight is 344 g/mol. The van der Waals surface area contributed by atoms with Crippen LogP contribution < -0.4 is 9.80 Å². The Morgan fingerprint density at radius 3 is 1.92 bits per heavy atom. The smallest absolute Gasteiger partial charge is 0.240 e. The van der Waals surface area contributed by atoms with Crippen LogP contribution >= 0.6 is 0 Å². The highest BCUT2D eigenvalue weighted by molar-refractivity contribution is 6.25. The third-order valence-electron chi connectivity index (χ3n) is 5.54. The van der Waals surface area contributed by atoms with Crippen LogP contribution in [0, 0.1) is 11.8 Å². The number of anilines is 2. The molecule has 2 amide bonds. The summed E-state index contributed by atoms with van der Waals surface area (Å²) in [5, 5.41) is 0. The van der Waals surface area contributed by atoms with Gasteiger partial charge in [-0.05, 0) is 30.3 Å². The van der Waals surface area contributed by atoms with Crippen molar-refractivity contribution in [3.8, 4) is 0 Å². The Bertz CT molecular complexity index is 938. The maximum atomic E-state index is 13.2. The second-order valence-corrected chi connectivity index (χ2v) is 6.84. The second kappa shape index (κ2) is 5.39. The number of amides is 2. The van der Waals surface area contributed by atoms with Gasteiger partial charge in [-0.2, -0.15) is 0 Å². The molecule has 2 bridgehead atoms. The molecule has 4 atom stereocenters. The largest absolute Gasteiger partial charge is 0.353 e. The van der Waals surface area contributed by atoms with Crippen LogP contribution in [0.1, 0.15) is 0 Å². The average Bonchev–Trinajstić information content (AvgIpc) is 3.09. The number of hydrogen-bond acceptors (Lipinski definition) is 4. The summed E-state index contributed by atoms with van der Waals surface area (Å²) >= 11 is 0. The van der Waals surface area contributed by atoms with E-state index >= 15 is 0 Å². The van der Waals surface area contributed by atoms with E-state index in [1.165, 1.54) is 11.0 Å². The number of nitrogens with zero attached hydrogens (tertiary/aromatic N) is 2. The first kappa shape index (κ1) is 15.1. The van der Waals surface area contributed by atoms with E-state index in [1.54, 1.807) is 30.3 Å². The number of benzene rings is 2. The van der Waals surface area contributed by atoms with E-state index in [0.29, 0.717) is 5.69 Å². The fourth-order valence-corrected chi connectivity index (χ4v) is 4.52. The molecule has 0 aliphatic carbocycles. The number of hydrogen-bond donors (Lipinski definition) is 0. The summed E-state index contributed by atoms with van der Waals surface area (Å²) in [7, 11) is 0. The maximum absolute atomic E-state index is 13.2. The summed E-state index contributed by atoms with van der Waals surface area (Å²) in [5.41, 5.74) is 1.43. The first-order chi connectivity index (χ1) is 12.7. The normalized spacial score (nSPS) is 29.5. The molecule has 3 aliphatic rings. The number of imide groups is 1. The molecule has 5 rings (SSSR count). The molecule has 0 spiro atoms. The van der Waals surface area contributed by atoms with Gasteiger partial charge in [0.15, 0.2) is 5.78 Å². The lowest BCUT2D eigenvalue weighted by Gasteiger charge is -2.35. The van der Waals surface area contributed by atoms with E-state index in [1.807, 2.05) is 41.3 Å².